The highest BCUT2D eigenvalue weighted by atomic mass is 14.6. The lowest BCUT2D eigenvalue weighted by Gasteiger charge is -2.43. The molecule has 0 amide bonds. The Labute approximate surface area is 83.1 Å². The molecule has 0 heterocycles. The van der Waals surface area contributed by atoms with Crippen LogP contribution in [0.1, 0.15) is 65.7 Å². The van der Waals surface area contributed by atoms with Crippen molar-refractivity contribution in [3.8, 4) is 0 Å². The standard InChI is InChI=1S/C13H24/c1-4-7-12(2,3)13-8-5-11(10-13)6-9-13/h11H,4-10H2,1-3H3. The molecule has 76 valence electrons. The van der Waals surface area contributed by atoms with Gasteiger partial charge in [0.2, 0.25) is 0 Å². The second-order valence-electron chi connectivity index (χ2n) is 6.06. The summed E-state index contributed by atoms with van der Waals surface area (Å²) in [5, 5.41) is 0. The number of fused-ring (bicyclic) bond motifs is 2. The van der Waals surface area contributed by atoms with Crippen LogP contribution in [-0.2, 0) is 0 Å². The lowest BCUT2D eigenvalue weighted by Crippen LogP contribution is -2.34. The quantitative estimate of drug-likeness (QED) is 0.604. The first kappa shape index (κ1) is 9.55. The Hall–Kier alpha value is 0. The van der Waals surface area contributed by atoms with Gasteiger partial charge in [0.25, 0.3) is 0 Å². The molecule has 2 fully saturated rings. The van der Waals surface area contributed by atoms with E-state index in [-0.39, 0.29) is 0 Å². The molecule has 13 heavy (non-hydrogen) atoms. The van der Waals surface area contributed by atoms with Crippen LogP contribution in [0, 0.1) is 16.7 Å². The first-order valence-electron chi connectivity index (χ1n) is 6.10. The van der Waals surface area contributed by atoms with Crippen LogP contribution in [-0.4, -0.2) is 0 Å². The van der Waals surface area contributed by atoms with E-state index >= 15 is 0 Å². The molecular weight excluding hydrogens is 156 g/mol. The highest BCUT2D eigenvalue weighted by Gasteiger charge is 2.52. The predicted molar refractivity (Wildman–Crippen MR) is 57.7 cm³/mol. The van der Waals surface area contributed by atoms with Crippen LogP contribution in [0.25, 0.3) is 0 Å². The zero-order chi connectivity index (χ0) is 9.53. The molecule has 2 saturated carbocycles. The summed E-state index contributed by atoms with van der Waals surface area (Å²) >= 11 is 0. The molecule has 0 N–H and O–H groups in total. The van der Waals surface area contributed by atoms with Crippen LogP contribution in [0.4, 0.5) is 0 Å². The van der Waals surface area contributed by atoms with Gasteiger partial charge in [-0.15, -0.1) is 0 Å². The van der Waals surface area contributed by atoms with Gasteiger partial charge in [-0.25, -0.2) is 0 Å². The van der Waals surface area contributed by atoms with Crippen molar-refractivity contribution in [3.05, 3.63) is 0 Å². The molecule has 2 aliphatic rings. The van der Waals surface area contributed by atoms with E-state index in [0.717, 1.165) is 11.3 Å². The van der Waals surface area contributed by atoms with E-state index < -0.39 is 0 Å². The smallest absolute Gasteiger partial charge is 0.0243 e. The van der Waals surface area contributed by atoms with Gasteiger partial charge in [-0.05, 0) is 55.3 Å². The lowest BCUT2D eigenvalue weighted by atomic mass is 9.62. The molecule has 0 aromatic rings. The molecular formula is C13H24. The predicted octanol–water partition coefficient (Wildman–Crippen LogP) is 4.39. The summed E-state index contributed by atoms with van der Waals surface area (Å²) in [5.41, 5.74) is 1.38. The Morgan fingerprint density at radius 2 is 1.85 bits per heavy atom. The minimum atomic E-state index is 0.618. The maximum atomic E-state index is 2.52. The second-order valence-corrected chi connectivity index (χ2v) is 6.06. The van der Waals surface area contributed by atoms with Gasteiger partial charge in [-0.1, -0.05) is 27.2 Å². The summed E-state index contributed by atoms with van der Waals surface area (Å²) in [7, 11) is 0. The molecule has 2 aliphatic carbocycles. The number of hydrogen-bond acceptors (Lipinski definition) is 0. The largest absolute Gasteiger partial charge is 0.0654 e. The number of rotatable bonds is 3. The maximum Gasteiger partial charge on any atom is -0.0243 e. The zero-order valence-corrected chi connectivity index (χ0v) is 9.53. The summed E-state index contributed by atoms with van der Waals surface area (Å²) in [6.45, 7) is 7.37. The Kier molecular flexibility index (Phi) is 2.20. The molecule has 0 aromatic heterocycles. The summed E-state index contributed by atoms with van der Waals surface area (Å²) in [6, 6.07) is 0. The van der Waals surface area contributed by atoms with E-state index in [2.05, 4.69) is 20.8 Å². The van der Waals surface area contributed by atoms with E-state index in [4.69, 9.17) is 0 Å². The van der Waals surface area contributed by atoms with Gasteiger partial charge < -0.3 is 0 Å². The van der Waals surface area contributed by atoms with Gasteiger partial charge in [0.15, 0.2) is 0 Å². The molecule has 0 spiro atoms. The fourth-order valence-electron chi connectivity index (χ4n) is 4.03. The van der Waals surface area contributed by atoms with Crippen LogP contribution in [0.2, 0.25) is 0 Å². The molecule has 2 rings (SSSR count). The van der Waals surface area contributed by atoms with Gasteiger partial charge in [-0.3, -0.25) is 0 Å². The van der Waals surface area contributed by atoms with Crippen LogP contribution in [0.15, 0.2) is 0 Å². The van der Waals surface area contributed by atoms with Crippen molar-refractivity contribution in [2.24, 2.45) is 16.7 Å². The van der Waals surface area contributed by atoms with Crippen molar-refractivity contribution in [2.45, 2.75) is 65.7 Å². The van der Waals surface area contributed by atoms with E-state index in [1.807, 2.05) is 0 Å². The van der Waals surface area contributed by atoms with E-state index in [0.29, 0.717) is 5.41 Å². The van der Waals surface area contributed by atoms with Crippen molar-refractivity contribution in [1.29, 1.82) is 0 Å². The van der Waals surface area contributed by atoms with Crippen LogP contribution < -0.4 is 0 Å². The van der Waals surface area contributed by atoms with Gasteiger partial charge >= 0.3 is 0 Å². The number of hydrogen-bond donors (Lipinski definition) is 0. The average Bonchev–Trinajstić information content (AvgIpc) is 2.63. The molecule has 0 aliphatic heterocycles. The summed E-state index contributed by atoms with van der Waals surface area (Å²) in [6.07, 6.45) is 10.5. The van der Waals surface area contributed by atoms with Gasteiger partial charge in [0, 0.05) is 0 Å². The van der Waals surface area contributed by atoms with Crippen LogP contribution in [0.3, 0.4) is 0 Å². The van der Waals surface area contributed by atoms with E-state index in [9.17, 15) is 0 Å². The lowest BCUT2D eigenvalue weighted by molar-refractivity contribution is 0.0676. The molecule has 0 nitrogen and oxygen atoms in total. The first-order chi connectivity index (χ1) is 6.10. The molecule has 0 radical (unpaired) electrons. The minimum Gasteiger partial charge on any atom is -0.0654 e. The SMILES string of the molecule is CCCC(C)(C)C12CCC(CC1)C2. The summed E-state index contributed by atoms with van der Waals surface area (Å²) < 4.78 is 0. The second kappa shape index (κ2) is 3.00. The van der Waals surface area contributed by atoms with Gasteiger partial charge in [0.1, 0.15) is 0 Å². The molecule has 0 saturated heterocycles. The Morgan fingerprint density at radius 1 is 1.23 bits per heavy atom. The third-order valence-corrected chi connectivity index (χ3v) is 5.05. The molecule has 0 aromatic carbocycles. The highest BCUT2D eigenvalue weighted by molar-refractivity contribution is 5.03. The first-order valence-corrected chi connectivity index (χ1v) is 6.10. The maximum absolute atomic E-state index is 2.52. The van der Waals surface area contributed by atoms with Crippen molar-refractivity contribution in [2.75, 3.05) is 0 Å². The van der Waals surface area contributed by atoms with Crippen molar-refractivity contribution in [1.82, 2.24) is 0 Å². The van der Waals surface area contributed by atoms with Crippen molar-refractivity contribution < 1.29 is 0 Å². The van der Waals surface area contributed by atoms with Crippen LogP contribution >= 0.6 is 0 Å². The highest BCUT2D eigenvalue weighted by Crippen LogP contribution is 2.63. The van der Waals surface area contributed by atoms with E-state index in [1.165, 1.54) is 38.5 Å². The summed E-state index contributed by atoms with van der Waals surface area (Å²) in [4.78, 5) is 0. The van der Waals surface area contributed by atoms with Crippen molar-refractivity contribution >= 4 is 0 Å². The summed E-state index contributed by atoms with van der Waals surface area (Å²) in [5.74, 6) is 1.11. The Morgan fingerprint density at radius 3 is 2.23 bits per heavy atom. The average molecular weight is 180 g/mol. The normalized spacial score (nSPS) is 38.5. The Bertz CT molecular complexity index is 182. The third kappa shape index (κ3) is 1.33. The third-order valence-electron chi connectivity index (χ3n) is 5.05. The minimum absolute atomic E-state index is 0.618. The molecule has 0 atom stereocenters. The zero-order valence-electron chi connectivity index (χ0n) is 9.53. The monoisotopic (exact) mass is 180 g/mol. The topological polar surface area (TPSA) is 0 Å². The Balaban J connectivity index is 2.13. The fraction of sp³-hybridized carbons (Fsp3) is 1.00. The van der Waals surface area contributed by atoms with Gasteiger partial charge in [-0.2, -0.15) is 0 Å². The van der Waals surface area contributed by atoms with E-state index in [1.54, 1.807) is 6.42 Å². The molecule has 0 heteroatoms. The molecule has 0 unspecified atom stereocenters. The van der Waals surface area contributed by atoms with Gasteiger partial charge in [0.05, 0.1) is 0 Å². The van der Waals surface area contributed by atoms with Crippen LogP contribution in [0.5, 0.6) is 0 Å². The fourth-order valence-corrected chi connectivity index (χ4v) is 4.03. The molecule has 2 bridgehead atoms. The van der Waals surface area contributed by atoms with Crippen molar-refractivity contribution in [3.63, 3.8) is 0 Å².